The fraction of sp³-hybridized carbons (Fsp3) is 0.467. The summed E-state index contributed by atoms with van der Waals surface area (Å²) in [6.45, 7) is 0.460. The lowest BCUT2D eigenvalue weighted by Gasteiger charge is -2.48. The van der Waals surface area contributed by atoms with E-state index in [1.807, 2.05) is 23.6 Å². The molecule has 2 amide bonds. The van der Waals surface area contributed by atoms with Crippen LogP contribution in [-0.2, 0) is 14.3 Å². The van der Waals surface area contributed by atoms with E-state index in [1.54, 1.807) is 12.0 Å². The summed E-state index contributed by atoms with van der Waals surface area (Å²) in [6, 6.07) is -1.19. The van der Waals surface area contributed by atoms with E-state index in [2.05, 4.69) is 5.32 Å². The second kappa shape index (κ2) is 6.18. The smallest absolute Gasteiger partial charge is 0.249 e. The van der Waals surface area contributed by atoms with Gasteiger partial charge in [0, 0.05) is 5.41 Å². The van der Waals surface area contributed by atoms with Crippen molar-refractivity contribution in [3.8, 4) is 0 Å². The summed E-state index contributed by atoms with van der Waals surface area (Å²) >= 11 is 1.48. The number of hydrogen-bond acceptors (Lipinski definition) is 5. The number of allylic oxidation sites excluding steroid dienone is 3. The molecule has 1 aliphatic carbocycles. The van der Waals surface area contributed by atoms with Crippen molar-refractivity contribution in [1.29, 1.82) is 0 Å². The summed E-state index contributed by atoms with van der Waals surface area (Å²) in [6.07, 6.45) is 7.52. The zero-order valence-electron chi connectivity index (χ0n) is 12.3. The molecule has 2 heterocycles. The van der Waals surface area contributed by atoms with Gasteiger partial charge in [0.2, 0.25) is 11.8 Å². The van der Waals surface area contributed by atoms with E-state index in [-0.39, 0.29) is 17.2 Å². The number of rotatable bonds is 4. The van der Waals surface area contributed by atoms with Gasteiger partial charge in [-0.15, -0.1) is 11.8 Å². The molecule has 6 nitrogen and oxygen atoms in total. The van der Waals surface area contributed by atoms with E-state index in [4.69, 9.17) is 10.5 Å². The number of thioether (sulfide) groups is 1. The summed E-state index contributed by atoms with van der Waals surface area (Å²) in [5, 5.41) is 4.61. The Bertz CT molecular complexity index is 585. The van der Waals surface area contributed by atoms with Crippen LogP contribution in [0.4, 0.5) is 0 Å². The first-order valence-corrected chi connectivity index (χ1v) is 8.15. The zero-order chi connectivity index (χ0) is 15.7. The fourth-order valence-corrected chi connectivity index (χ4v) is 3.85. The van der Waals surface area contributed by atoms with Gasteiger partial charge in [-0.25, -0.2) is 0 Å². The van der Waals surface area contributed by atoms with E-state index in [0.717, 1.165) is 17.8 Å². The summed E-state index contributed by atoms with van der Waals surface area (Å²) in [7, 11) is 1.58. The van der Waals surface area contributed by atoms with E-state index in [1.165, 1.54) is 11.8 Å². The molecule has 0 radical (unpaired) electrons. The molecule has 0 aromatic carbocycles. The highest BCUT2D eigenvalue weighted by molar-refractivity contribution is 8.02. The van der Waals surface area contributed by atoms with Crippen molar-refractivity contribution in [2.75, 3.05) is 13.7 Å². The van der Waals surface area contributed by atoms with Crippen LogP contribution in [0.25, 0.3) is 0 Å². The van der Waals surface area contributed by atoms with Gasteiger partial charge >= 0.3 is 0 Å². The number of carbonyl (C=O) groups is 2. The van der Waals surface area contributed by atoms with Crippen LogP contribution in [-0.4, -0.2) is 47.8 Å². The number of fused-ring (bicyclic) bond motifs is 1. The maximum Gasteiger partial charge on any atom is 0.249 e. The molecule has 118 valence electrons. The number of nitrogens with zero attached hydrogens (tertiary/aromatic N) is 1. The lowest BCUT2D eigenvalue weighted by molar-refractivity contribution is -0.148. The van der Waals surface area contributed by atoms with Gasteiger partial charge in [0.05, 0.1) is 13.7 Å². The Morgan fingerprint density at radius 2 is 2.36 bits per heavy atom. The minimum absolute atomic E-state index is 0.0669. The van der Waals surface area contributed by atoms with Gasteiger partial charge in [-0.1, -0.05) is 18.2 Å². The van der Waals surface area contributed by atoms with Crippen molar-refractivity contribution in [3.05, 3.63) is 35.0 Å². The molecule has 0 spiro atoms. The number of ether oxygens (including phenoxy) is 1. The van der Waals surface area contributed by atoms with Gasteiger partial charge in [-0.3, -0.25) is 9.59 Å². The van der Waals surface area contributed by atoms with E-state index in [0.29, 0.717) is 13.0 Å². The Morgan fingerprint density at radius 1 is 1.55 bits per heavy atom. The molecule has 0 aromatic heterocycles. The van der Waals surface area contributed by atoms with Crippen molar-refractivity contribution in [2.45, 2.75) is 30.3 Å². The molecule has 3 atom stereocenters. The van der Waals surface area contributed by atoms with Gasteiger partial charge < -0.3 is 20.7 Å². The first-order valence-electron chi connectivity index (χ1n) is 7.20. The molecule has 1 saturated heterocycles. The predicted octanol–water partition coefficient (Wildman–Crippen LogP) is 0.478. The molecule has 1 fully saturated rings. The van der Waals surface area contributed by atoms with Gasteiger partial charge in [0.1, 0.15) is 23.2 Å². The Kier molecular flexibility index (Phi) is 4.26. The molecular weight excluding hydrogens is 302 g/mol. The fourth-order valence-electron chi connectivity index (χ4n) is 2.72. The topological polar surface area (TPSA) is 84.7 Å². The van der Waals surface area contributed by atoms with E-state index in [9.17, 15) is 9.59 Å². The van der Waals surface area contributed by atoms with E-state index >= 15 is 0 Å². The average Bonchev–Trinajstić information content (AvgIpc) is 2.58. The molecule has 0 saturated carbocycles. The number of amides is 2. The summed E-state index contributed by atoms with van der Waals surface area (Å²) in [5.41, 5.74) is 6.90. The molecule has 3 N–H and O–H groups in total. The van der Waals surface area contributed by atoms with Crippen LogP contribution < -0.4 is 11.1 Å². The monoisotopic (exact) mass is 321 g/mol. The SMILES string of the molecule is COC1=CSC2[C@H](NC(=O)[C@H](N)C3=CCC=CC3)C(=O)N2C1. The third kappa shape index (κ3) is 2.66. The predicted molar refractivity (Wildman–Crippen MR) is 84.5 cm³/mol. The van der Waals surface area contributed by atoms with Crippen LogP contribution in [0.15, 0.2) is 35.0 Å². The van der Waals surface area contributed by atoms with Gasteiger partial charge in [-0.2, -0.15) is 0 Å². The molecule has 1 unspecified atom stereocenters. The van der Waals surface area contributed by atoms with Gasteiger partial charge in [0.25, 0.3) is 0 Å². The van der Waals surface area contributed by atoms with Crippen LogP contribution in [0.1, 0.15) is 12.8 Å². The minimum atomic E-state index is -0.689. The number of nitrogens with two attached hydrogens (primary N) is 1. The Hall–Kier alpha value is -1.73. The number of β-lactam (4-membered cyclic amide) rings is 1. The molecule has 2 aliphatic heterocycles. The quantitative estimate of drug-likeness (QED) is 0.581. The van der Waals surface area contributed by atoms with E-state index < -0.39 is 12.1 Å². The summed E-state index contributed by atoms with van der Waals surface area (Å²) in [4.78, 5) is 26.1. The van der Waals surface area contributed by atoms with Gasteiger partial charge in [0.15, 0.2) is 0 Å². The number of hydrogen-bond donors (Lipinski definition) is 2. The van der Waals surface area contributed by atoms with Gasteiger partial charge in [-0.05, 0) is 18.4 Å². The maximum atomic E-state index is 12.3. The Labute approximate surface area is 133 Å². The highest BCUT2D eigenvalue weighted by Gasteiger charge is 2.50. The normalized spacial score (nSPS) is 28.1. The minimum Gasteiger partial charge on any atom is -0.499 e. The maximum absolute atomic E-state index is 12.3. The third-order valence-electron chi connectivity index (χ3n) is 4.08. The van der Waals surface area contributed by atoms with Crippen LogP contribution in [0, 0.1) is 0 Å². The van der Waals surface area contributed by atoms with Crippen LogP contribution >= 0.6 is 11.8 Å². The summed E-state index contributed by atoms with van der Waals surface area (Å²) < 4.78 is 5.15. The van der Waals surface area contributed by atoms with Crippen molar-refractivity contribution in [3.63, 3.8) is 0 Å². The molecule has 0 bridgehead atoms. The highest BCUT2D eigenvalue weighted by atomic mass is 32.2. The molecule has 0 aromatic rings. The number of nitrogens with one attached hydrogen (secondary N) is 1. The average molecular weight is 321 g/mol. The molecule has 3 aliphatic rings. The van der Waals surface area contributed by atoms with Crippen LogP contribution in [0.5, 0.6) is 0 Å². The van der Waals surface area contributed by atoms with Crippen molar-refractivity contribution in [2.24, 2.45) is 5.73 Å². The van der Waals surface area contributed by atoms with Crippen molar-refractivity contribution in [1.82, 2.24) is 10.2 Å². The molecule has 22 heavy (non-hydrogen) atoms. The third-order valence-corrected chi connectivity index (χ3v) is 5.29. The largest absolute Gasteiger partial charge is 0.499 e. The first-order chi connectivity index (χ1) is 10.6. The standard InChI is InChI=1S/C15H19N3O3S/c1-21-10-7-18-14(20)12(15(18)22-8-10)17-13(19)11(16)9-5-3-2-4-6-9/h2-3,6,8,11-12,15H,4-5,7,16H2,1H3,(H,17,19)/t11-,12-,15?/m1/s1. The highest BCUT2D eigenvalue weighted by Crippen LogP contribution is 2.36. The first kappa shape index (κ1) is 15.2. The van der Waals surface area contributed by atoms with Crippen molar-refractivity contribution >= 4 is 23.6 Å². The second-order valence-electron chi connectivity index (χ2n) is 5.44. The molecular formula is C15H19N3O3S. The Morgan fingerprint density at radius 3 is 3.05 bits per heavy atom. The Balaban J connectivity index is 1.60. The summed E-state index contributed by atoms with van der Waals surface area (Å²) in [5.74, 6) is 0.384. The number of carbonyl (C=O) groups excluding carboxylic acids is 2. The number of methoxy groups -OCH3 is 1. The lowest BCUT2D eigenvalue weighted by atomic mass is 9.97. The molecule has 3 rings (SSSR count). The van der Waals surface area contributed by atoms with Crippen LogP contribution in [0.2, 0.25) is 0 Å². The molecule has 7 heteroatoms. The second-order valence-corrected chi connectivity index (χ2v) is 6.43. The lowest BCUT2D eigenvalue weighted by Crippen LogP contribution is -2.71. The van der Waals surface area contributed by atoms with Crippen LogP contribution in [0.3, 0.4) is 0 Å². The zero-order valence-corrected chi connectivity index (χ0v) is 13.1. The van der Waals surface area contributed by atoms with Crippen molar-refractivity contribution < 1.29 is 14.3 Å².